The van der Waals surface area contributed by atoms with Crippen molar-refractivity contribution >= 4 is 23.5 Å². The standard InChI is InChI=1S/C8H8BFN2O2/c1-12-8-5(4-11-12)2-3-6(10)7(8)9(13)14/h2-4,13-14H,1H3. The Kier molecular flexibility index (Phi) is 2.01. The Labute approximate surface area is 79.7 Å². The lowest BCUT2D eigenvalue weighted by atomic mass is 9.78. The van der Waals surface area contributed by atoms with Gasteiger partial charge in [-0.3, -0.25) is 4.68 Å². The molecule has 0 spiro atoms. The molecule has 1 heterocycles. The van der Waals surface area contributed by atoms with Crippen LogP contribution >= 0.6 is 0 Å². The van der Waals surface area contributed by atoms with E-state index in [9.17, 15) is 4.39 Å². The van der Waals surface area contributed by atoms with Crippen molar-refractivity contribution in [2.24, 2.45) is 7.05 Å². The number of hydrogen-bond donors (Lipinski definition) is 2. The fourth-order valence-electron chi connectivity index (χ4n) is 1.52. The van der Waals surface area contributed by atoms with Crippen LogP contribution in [0.15, 0.2) is 18.3 Å². The van der Waals surface area contributed by atoms with Crippen molar-refractivity contribution in [3.05, 3.63) is 24.1 Å². The number of rotatable bonds is 1. The first-order chi connectivity index (χ1) is 6.61. The van der Waals surface area contributed by atoms with Crippen molar-refractivity contribution in [2.45, 2.75) is 0 Å². The molecule has 0 aliphatic rings. The van der Waals surface area contributed by atoms with Gasteiger partial charge in [-0.1, -0.05) is 0 Å². The van der Waals surface area contributed by atoms with E-state index in [1.165, 1.54) is 10.7 Å². The summed E-state index contributed by atoms with van der Waals surface area (Å²) in [6, 6.07) is 2.74. The van der Waals surface area contributed by atoms with Crippen molar-refractivity contribution < 1.29 is 14.4 Å². The van der Waals surface area contributed by atoms with Gasteiger partial charge < -0.3 is 10.0 Å². The van der Waals surface area contributed by atoms with Crippen LogP contribution in [0.5, 0.6) is 0 Å². The molecule has 72 valence electrons. The summed E-state index contributed by atoms with van der Waals surface area (Å²) in [5.74, 6) is -0.642. The Hall–Kier alpha value is -1.40. The molecule has 1 aromatic carbocycles. The molecular weight excluding hydrogens is 186 g/mol. The van der Waals surface area contributed by atoms with Crippen molar-refractivity contribution in [1.82, 2.24) is 9.78 Å². The quantitative estimate of drug-likeness (QED) is 0.595. The SMILES string of the molecule is Cn1ncc2ccc(F)c(B(O)O)c21. The number of hydrogen-bond acceptors (Lipinski definition) is 3. The van der Waals surface area contributed by atoms with E-state index in [2.05, 4.69) is 5.10 Å². The fraction of sp³-hybridized carbons (Fsp3) is 0.125. The van der Waals surface area contributed by atoms with E-state index in [0.717, 1.165) is 0 Å². The molecule has 14 heavy (non-hydrogen) atoms. The van der Waals surface area contributed by atoms with Crippen LogP contribution in [0.4, 0.5) is 4.39 Å². The zero-order valence-corrected chi connectivity index (χ0v) is 7.48. The molecule has 0 amide bonds. The second kappa shape index (κ2) is 3.07. The number of benzene rings is 1. The van der Waals surface area contributed by atoms with Gasteiger partial charge in [0.25, 0.3) is 0 Å². The van der Waals surface area contributed by atoms with Gasteiger partial charge >= 0.3 is 7.12 Å². The smallest absolute Gasteiger partial charge is 0.423 e. The summed E-state index contributed by atoms with van der Waals surface area (Å²) in [6.45, 7) is 0. The normalized spacial score (nSPS) is 10.9. The number of nitrogens with zero attached hydrogens (tertiary/aromatic N) is 2. The molecule has 0 saturated heterocycles. The van der Waals surface area contributed by atoms with E-state index in [1.807, 2.05) is 0 Å². The highest BCUT2D eigenvalue weighted by atomic mass is 19.1. The van der Waals surface area contributed by atoms with E-state index in [0.29, 0.717) is 10.9 Å². The lowest BCUT2D eigenvalue weighted by molar-refractivity contribution is 0.423. The molecule has 0 aliphatic carbocycles. The van der Waals surface area contributed by atoms with E-state index in [4.69, 9.17) is 10.0 Å². The average molecular weight is 194 g/mol. The van der Waals surface area contributed by atoms with Crippen LogP contribution in [-0.4, -0.2) is 26.9 Å². The van der Waals surface area contributed by atoms with E-state index in [-0.39, 0.29) is 5.46 Å². The summed E-state index contributed by atoms with van der Waals surface area (Å²) in [5.41, 5.74) is 0.266. The van der Waals surface area contributed by atoms with Crippen molar-refractivity contribution in [1.29, 1.82) is 0 Å². The summed E-state index contributed by atoms with van der Waals surface area (Å²) >= 11 is 0. The third-order valence-electron chi connectivity index (χ3n) is 2.15. The van der Waals surface area contributed by atoms with Crippen LogP contribution < -0.4 is 5.46 Å². The van der Waals surface area contributed by atoms with Gasteiger partial charge in [0.2, 0.25) is 0 Å². The maximum atomic E-state index is 13.3. The van der Waals surface area contributed by atoms with Crippen LogP contribution in [0.2, 0.25) is 0 Å². The Morgan fingerprint density at radius 3 is 2.79 bits per heavy atom. The lowest BCUT2D eigenvalue weighted by Crippen LogP contribution is -2.34. The third kappa shape index (κ3) is 1.20. The van der Waals surface area contributed by atoms with E-state index < -0.39 is 12.9 Å². The predicted molar refractivity (Wildman–Crippen MR) is 50.5 cm³/mol. The summed E-state index contributed by atoms with van der Waals surface area (Å²) < 4.78 is 14.7. The van der Waals surface area contributed by atoms with Gasteiger partial charge in [0.05, 0.1) is 11.7 Å². The molecule has 0 atom stereocenters. The fourth-order valence-corrected chi connectivity index (χ4v) is 1.52. The summed E-state index contributed by atoms with van der Waals surface area (Å²) in [5, 5.41) is 22.6. The molecule has 6 heteroatoms. The summed E-state index contributed by atoms with van der Waals surface area (Å²) in [6.07, 6.45) is 1.54. The van der Waals surface area contributed by atoms with Crippen LogP contribution in [0.1, 0.15) is 0 Å². The van der Waals surface area contributed by atoms with Crippen LogP contribution in [0.25, 0.3) is 10.9 Å². The topological polar surface area (TPSA) is 58.3 Å². The zero-order chi connectivity index (χ0) is 10.3. The average Bonchev–Trinajstić information content (AvgIpc) is 2.47. The molecule has 1 aromatic heterocycles. The largest absolute Gasteiger partial charge is 0.493 e. The molecule has 0 fully saturated rings. The lowest BCUT2D eigenvalue weighted by Gasteiger charge is -2.04. The Morgan fingerprint density at radius 2 is 2.14 bits per heavy atom. The second-order valence-electron chi connectivity index (χ2n) is 3.04. The van der Waals surface area contributed by atoms with Gasteiger partial charge in [-0.05, 0) is 12.1 Å². The molecule has 2 N–H and O–H groups in total. The number of halogens is 1. The molecule has 4 nitrogen and oxygen atoms in total. The minimum atomic E-state index is -1.82. The first-order valence-electron chi connectivity index (χ1n) is 4.07. The number of fused-ring (bicyclic) bond motifs is 1. The van der Waals surface area contributed by atoms with Crippen molar-refractivity contribution in [3.8, 4) is 0 Å². The Morgan fingerprint density at radius 1 is 1.43 bits per heavy atom. The van der Waals surface area contributed by atoms with E-state index in [1.54, 1.807) is 19.3 Å². The molecule has 0 bridgehead atoms. The number of aromatic nitrogens is 2. The predicted octanol–water partition coefficient (Wildman–Crippen LogP) is -0.608. The molecule has 0 aliphatic heterocycles. The minimum Gasteiger partial charge on any atom is -0.423 e. The van der Waals surface area contributed by atoms with Crippen molar-refractivity contribution in [3.63, 3.8) is 0 Å². The van der Waals surface area contributed by atoms with Crippen LogP contribution in [0, 0.1) is 5.82 Å². The van der Waals surface area contributed by atoms with E-state index >= 15 is 0 Å². The zero-order valence-electron chi connectivity index (χ0n) is 7.48. The van der Waals surface area contributed by atoms with Crippen molar-refractivity contribution in [2.75, 3.05) is 0 Å². The maximum Gasteiger partial charge on any atom is 0.493 e. The summed E-state index contributed by atoms with van der Waals surface area (Å²) in [4.78, 5) is 0. The van der Waals surface area contributed by atoms with Gasteiger partial charge in [0.1, 0.15) is 5.82 Å². The van der Waals surface area contributed by atoms with Gasteiger partial charge in [0, 0.05) is 17.9 Å². The molecule has 0 unspecified atom stereocenters. The highest BCUT2D eigenvalue weighted by Crippen LogP contribution is 2.12. The second-order valence-corrected chi connectivity index (χ2v) is 3.04. The molecular formula is C8H8BFN2O2. The van der Waals surface area contributed by atoms with Gasteiger partial charge in [-0.15, -0.1) is 0 Å². The third-order valence-corrected chi connectivity index (χ3v) is 2.15. The maximum absolute atomic E-state index is 13.3. The first-order valence-corrected chi connectivity index (χ1v) is 4.07. The number of aryl methyl sites for hydroxylation is 1. The van der Waals surface area contributed by atoms with Crippen LogP contribution in [-0.2, 0) is 7.05 Å². The molecule has 0 saturated carbocycles. The van der Waals surface area contributed by atoms with Gasteiger partial charge in [-0.2, -0.15) is 5.10 Å². The molecule has 2 rings (SSSR count). The van der Waals surface area contributed by atoms with Gasteiger partial charge in [0.15, 0.2) is 0 Å². The van der Waals surface area contributed by atoms with Gasteiger partial charge in [-0.25, -0.2) is 4.39 Å². The first kappa shape index (κ1) is 9.17. The molecule has 0 radical (unpaired) electrons. The molecule has 2 aromatic rings. The Bertz CT molecular complexity index is 483. The highest BCUT2D eigenvalue weighted by Gasteiger charge is 2.21. The summed E-state index contributed by atoms with van der Waals surface area (Å²) in [7, 11) is -0.206. The van der Waals surface area contributed by atoms with Crippen LogP contribution in [0.3, 0.4) is 0 Å². The monoisotopic (exact) mass is 194 g/mol. The Balaban J connectivity index is 2.87. The highest BCUT2D eigenvalue weighted by molar-refractivity contribution is 6.61. The minimum absolute atomic E-state index is 0.137.